The quantitative estimate of drug-likeness (QED) is 0.235. The zero-order chi connectivity index (χ0) is 24.5. The van der Waals surface area contributed by atoms with Gasteiger partial charge in [-0.1, -0.05) is 35.9 Å². The Kier molecular flexibility index (Phi) is 6.45. The Labute approximate surface area is 209 Å². The van der Waals surface area contributed by atoms with Gasteiger partial charge in [0.1, 0.15) is 10.8 Å². The maximum absolute atomic E-state index is 9.91. The highest BCUT2D eigenvalue weighted by atomic mass is 32.2. The van der Waals surface area contributed by atoms with Crippen molar-refractivity contribution in [3.05, 3.63) is 87.7 Å². The number of pyridine rings is 1. The Morgan fingerprint density at radius 3 is 2.69 bits per heavy atom. The summed E-state index contributed by atoms with van der Waals surface area (Å²) in [6.07, 6.45) is 2.30. The number of nitrogens with zero attached hydrogens (tertiary/aromatic N) is 3. The molecule has 0 spiro atoms. The third-order valence-corrected chi connectivity index (χ3v) is 7.32. The van der Waals surface area contributed by atoms with Crippen molar-refractivity contribution < 1.29 is 14.6 Å². The molecule has 0 aliphatic carbocycles. The van der Waals surface area contributed by atoms with Gasteiger partial charge in [0.15, 0.2) is 11.6 Å². The molecule has 7 heteroatoms. The van der Waals surface area contributed by atoms with E-state index in [1.807, 2.05) is 31.2 Å². The first kappa shape index (κ1) is 23.3. The lowest BCUT2D eigenvalue weighted by Gasteiger charge is -2.24. The van der Waals surface area contributed by atoms with E-state index in [0.29, 0.717) is 23.9 Å². The molecule has 0 radical (unpaired) electrons. The topological polar surface area (TPSA) is 77.4 Å². The molecule has 0 saturated heterocycles. The molecule has 0 unspecified atom stereocenters. The number of rotatable bonds is 6. The van der Waals surface area contributed by atoms with E-state index in [2.05, 4.69) is 37.0 Å². The number of hydrogen-bond donors (Lipinski definition) is 1. The Morgan fingerprint density at radius 2 is 1.89 bits per heavy atom. The summed E-state index contributed by atoms with van der Waals surface area (Å²) in [4.78, 5) is 14.2. The number of benzene rings is 2. The molecule has 4 aromatic rings. The predicted octanol–water partition coefficient (Wildman–Crippen LogP) is 5.95. The van der Waals surface area contributed by atoms with Crippen LogP contribution in [0.15, 0.2) is 53.7 Å². The minimum atomic E-state index is -0.0952. The summed E-state index contributed by atoms with van der Waals surface area (Å²) in [5.41, 5.74) is 8.03. The van der Waals surface area contributed by atoms with E-state index in [4.69, 9.17) is 19.4 Å². The molecule has 3 heterocycles. The summed E-state index contributed by atoms with van der Waals surface area (Å²) in [5.74, 6) is 3.31. The lowest BCUT2D eigenvalue weighted by Crippen LogP contribution is -2.13. The lowest BCUT2D eigenvalue weighted by atomic mass is 9.99. The minimum Gasteiger partial charge on any atom is -0.497 e. The fraction of sp³-hybridized carbons (Fsp3) is 0.250. The zero-order valence-corrected chi connectivity index (χ0v) is 21.1. The van der Waals surface area contributed by atoms with Crippen LogP contribution in [-0.2, 0) is 18.8 Å². The minimum absolute atomic E-state index is 0.0952. The maximum Gasteiger partial charge on any atom is 0.227 e. The van der Waals surface area contributed by atoms with Gasteiger partial charge >= 0.3 is 0 Å². The normalized spacial score (nSPS) is 12.0. The van der Waals surface area contributed by atoms with Gasteiger partial charge < -0.3 is 14.6 Å². The van der Waals surface area contributed by atoms with Crippen LogP contribution in [0.1, 0.15) is 39.1 Å². The molecule has 0 atom stereocenters. The van der Waals surface area contributed by atoms with Crippen molar-refractivity contribution in [2.75, 3.05) is 7.11 Å². The Morgan fingerprint density at radius 1 is 1.03 bits per heavy atom. The molecule has 2 aromatic carbocycles. The van der Waals surface area contributed by atoms with Gasteiger partial charge in [0.05, 0.1) is 25.0 Å². The summed E-state index contributed by atoms with van der Waals surface area (Å²) in [5, 5.41) is 10.8. The summed E-state index contributed by atoms with van der Waals surface area (Å²) in [7, 11) is 1.65. The highest BCUT2D eigenvalue weighted by Crippen LogP contribution is 2.43. The molecule has 35 heavy (non-hydrogen) atoms. The number of methoxy groups -OCH3 is 1. The number of hydrogen-bond acceptors (Lipinski definition) is 7. The Bertz CT molecular complexity index is 1420. The molecule has 2 aromatic heterocycles. The Hall–Kier alpha value is -3.42. The number of fused-ring (bicyclic) bond motifs is 2. The predicted molar refractivity (Wildman–Crippen MR) is 137 cm³/mol. The zero-order valence-electron chi connectivity index (χ0n) is 20.3. The smallest absolute Gasteiger partial charge is 0.227 e. The third kappa shape index (κ3) is 4.61. The van der Waals surface area contributed by atoms with Crippen molar-refractivity contribution in [3.8, 4) is 28.8 Å². The Balaban J connectivity index is 1.60. The van der Waals surface area contributed by atoms with Crippen LogP contribution in [0, 0.1) is 20.8 Å². The lowest BCUT2D eigenvalue weighted by molar-refractivity contribution is 0.278. The van der Waals surface area contributed by atoms with E-state index in [9.17, 15) is 5.11 Å². The van der Waals surface area contributed by atoms with Gasteiger partial charge in [-0.25, -0.2) is 4.98 Å². The fourth-order valence-electron chi connectivity index (χ4n) is 4.21. The summed E-state index contributed by atoms with van der Waals surface area (Å²) in [6.45, 7) is 6.06. The van der Waals surface area contributed by atoms with Crippen LogP contribution >= 0.6 is 11.8 Å². The molecule has 5 rings (SSSR count). The first-order valence-corrected chi connectivity index (χ1v) is 12.5. The van der Waals surface area contributed by atoms with Gasteiger partial charge in [-0.05, 0) is 44.0 Å². The molecule has 6 nitrogen and oxygen atoms in total. The van der Waals surface area contributed by atoms with Crippen LogP contribution in [0.4, 0.5) is 0 Å². The highest BCUT2D eigenvalue weighted by molar-refractivity contribution is 7.98. The van der Waals surface area contributed by atoms with Crippen LogP contribution in [0.5, 0.6) is 17.4 Å². The third-order valence-electron chi connectivity index (χ3n) is 6.26. The van der Waals surface area contributed by atoms with Gasteiger partial charge in [-0.2, -0.15) is 4.98 Å². The van der Waals surface area contributed by atoms with Crippen LogP contribution in [-0.4, -0.2) is 27.2 Å². The molecular formula is C28H27N3O3S. The standard InChI is InChI=1S/C28H27N3O3S/c1-16-8-9-17(2)20(10-16)15-35-28-24-12-23-21(14-32)13-29-18(3)25(23)34-27(24)30-26(31-28)19-6-5-7-22(11-19)33-4/h5-11,13,32H,12,14-15H2,1-4H3. The number of ether oxygens (including phenoxy) is 2. The number of aromatic nitrogens is 3. The average Bonchev–Trinajstić information content (AvgIpc) is 2.88. The molecular weight excluding hydrogens is 458 g/mol. The summed E-state index contributed by atoms with van der Waals surface area (Å²) >= 11 is 1.68. The molecule has 1 aliphatic heterocycles. The molecule has 1 N–H and O–H groups in total. The van der Waals surface area contributed by atoms with Crippen LogP contribution in [0.25, 0.3) is 11.4 Å². The van der Waals surface area contributed by atoms with Crippen molar-refractivity contribution in [1.29, 1.82) is 0 Å². The second-order valence-electron chi connectivity index (χ2n) is 8.70. The molecule has 0 amide bonds. The molecule has 0 saturated carbocycles. The van der Waals surface area contributed by atoms with Gasteiger partial charge in [0, 0.05) is 35.1 Å². The molecule has 0 bridgehead atoms. The van der Waals surface area contributed by atoms with E-state index in [0.717, 1.165) is 44.5 Å². The second kappa shape index (κ2) is 9.68. The van der Waals surface area contributed by atoms with Gasteiger partial charge in [-0.15, -0.1) is 11.8 Å². The van der Waals surface area contributed by atoms with E-state index >= 15 is 0 Å². The highest BCUT2D eigenvalue weighted by Gasteiger charge is 2.28. The fourth-order valence-corrected chi connectivity index (χ4v) is 5.29. The van der Waals surface area contributed by atoms with Crippen molar-refractivity contribution >= 4 is 11.8 Å². The average molecular weight is 486 g/mol. The maximum atomic E-state index is 9.91. The first-order chi connectivity index (χ1) is 17.0. The number of aryl methyl sites for hydroxylation is 3. The largest absolute Gasteiger partial charge is 0.497 e. The van der Waals surface area contributed by atoms with Gasteiger partial charge in [-0.3, -0.25) is 4.98 Å². The van der Waals surface area contributed by atoms with Crippen molar-refractivity contribution in [3.63, 3.8) is 0 Å². The number of aliphatic hydroxyl groups excluding tert-OH is 1. The first-order valence-electron chi connectivity index (χ1n) is 11.5. The van der Waals surface area contributed by atoms with Gasteiger partial charge in [0.25, 0.3) is 0 Å². The van der Waals surface area contributed by atoms with E-state index in [-0.39, 0.29) is 6.61 Å². The van der Waals surface area contributed by atoms with E-state index in [1.54, 1.807) is 25.1 Å². The molecule has 0 fully saturated rings. The second-order valence-corrected chi connectivity index (χ2v) is 9.66. The van der Waals surface area contributed by atoms with Crippen molar-refractivity contribution in [2.45, 2.75) is 44.6 Å². The summed E-state index contributed by atoms with van der Waals surface area (Å²) in [6, 6.07) is 14.2. The van der Waals surface area contributed by atoms with Gasteiger partial charge in [0.2, 0.25) is 5.88 Å². The monoisotopic (exact) mass is 485 g/mol. The molecule has 178 valence electrons. The van der Waals surface area contributed by atoms with Crippen LogP contribution in [0.2, 0.25) is 0 Å². The van der Waals surface area contributed by atoms with Crippen LogP contribution in [0.3, 0.4) is 0 Å². The molecule has 1 aliphatic rings. The number of aliphatic hydroxyl groups is 1. The summed E-state index contributed by atoms with van der Waals surface area (Å²) < 4.78 is 11.7. The van der Waals surface area contributed by atoms with E-state index < -0.39 is 0 Å². The van der Waals surface area contributed by atoms with Crippen LogP contribution < -0.4 is 9.47 Å². The van der Waals surface area contributed by atoms with E-state index in [1.165, 1.54) is 16.7 Å². The number of thioether (sulfide) groups is 1. The van der Waals surface area contributed by atoms with Crippen molar-refractivity contribution in [1.82, 2.24) is 15.0 Å². The van der Waals surface area contributed by atoms with Crippen molar-refractivity contribution in [2.24, 2.45) is 0 Å². The SMILES string of the molecule is COc1cccc(-c2nc3c(c(SCc4cc(C)ccc4C)n2)Cc2c(CO)cnc(C)c2O3)c1.